The molecule has 0 fully saturated rings. The molecule has 2 aromatic rings. The molecule has 0 unspecified atom stereocenters. The number of rotatable bonds is 6. The molecule has 1 N–H and O–H groups in total. The summed E-state index contributed by atoms with van der Waals surface area (Å²) in [6.45, 7) is 0. The molecule has 0 aromatic heterocycles. The van der Waals surface area contributed by atoms with E-state index in [9.17, 15) is 35.1 Å². The molecule has 0 atom stereocenters. The summed E-state index contributed by atoms with van der Waals surface area (Å²) >= 11 is 5.63. The van der Waals surface area contributed by atoms with E-state index in [0.717, 1.165) is 24.3 Å². The summed E-state index contributed by atoms with van der Waals surface area (Å²) in [5.74, 6) is -0.913. The maximum atomic E-state index is 12.4. The van der Waals surface area contributed by atoms with Crippen molar-refractivity contribution in [3.8, 4) is 5.75 Å². The third-order valence-corrected chi connectivity index (χ3v) is 3.72. The van der Waals surface area contributed by atoms with Crippen LogP contribution in [0.3, 0.4) is 0 Å². The molecular formula is C14H9ClN4O8. The van der Waals surface area contributed by atoms with Crippen molar-refractivity contribution in [1.29, 1.82) is 0 Å². The normalized spacial score (nSPS) is 10.1. The molecule has 0 aliphatic carbocycles. The Kier molecular flexibility index (Phi) is 5.51. The maximum Gasteiger partial charge on any atom is 0.295 e. The molecule has 140 valence electrons. The van der Waals surface area contributed by atoms with Gasteiger partial charge < -0.3 is 10.1 Å². The molecular weight excluding hydrogens is 388 g/mol. The monoisotopic (exact) mass is 396 g/mol. The van der Waals surface area contributed by atoms with Gasteiger partial charge in [0.25, 0.3) is 23.0 Å². The first-order valence-corrected chi connectivity index (χ1v) is 7.29. The zero-order valence-electron chi connectivity index (χ0n) is 13.4. The van der Waals surface area contributed by atoms with Crippen molar-refractivity contribution >= 4 is 40.3 Å². The molecule has 0 radical (unpaired) electrons. The molecule has 2 aromatic carbocycles. The number of nitro groups is 3. The van der Waals surface area contributed by atoms with Gasteiger partial charge in [-0.15, -0.1) is 0 Å². The summed E-state index contributed by atoms with van der Waals surface area (Å²) in [5, 5.41) is 34.5. The van der Waals surface area contributed by atoms with Crippen molar-refractivity contribution in [3.05, 3.63) is 71.3 Å². The number of carbonyl (C=O) groups excluding carboxylic acids is 1. The fourth-order valence-corrected chi connectivity index (χ4v) is 2.34. The quantitative estimate of drug-likeness (QED) is 0.572. The number of hydrogen-bond acceptors (Lipinski definition) is 8. The molecule has 2 rings (SSSR count). The van der Waals surface area contributed by atoms with Crippen LogP contribution in [0.1, 0.15) is 10.4 Å². The Hall–Kier alpha value is -3.80. The summed E-state index contributed by atoms with van der Waals surface area (Å²) < 4.78 is 4.98. The molecule has 0 aliphatic rings. The number of hydrogen-bond donors (Lipinski definition) is 1. The van der Waals surface area contributed by atoms with Crippen LogP contribution in [0, 0.1) is 30.3 Å². The van der Waals surface area contributed by atoms with Gasteiger partial charge in [0.05, 0.1) is 33.1 Å². The van der Waals surface area contributed by atoms with Crippen molar-refractivity contribution < 1.29 is 24.3 Å². The molecule has 0 spiro atoms. The number of anilines is 1. The van der Waals surface area contributed by atoms with Gasteiger partial charge in [-0.1, -0.05) is 11.6 Å². The van der Waals surface area contributed by atoms with Crippen LogP contribution < -0.4 is 10.1 Å². The van der Waals surface area contributed by atoms with Gasteiger partial charge in [-0.3, -0.25) is 35.1 Å². The molecule has 0 saturated carbocycles. The zero-order valence-corrected chi connectivity index (χ0v) is 14.1. The summed E-state index contributed by atoms with van der Waals surface area (Å²) in [6, 6.07) is 4.91. The Morgan fingerprint density at radius 1 is 1.00 bits per heavy atom. The van der Waals surface area contributed by atoms with E-state index in [-0.39, 0.29) is 17.1 Å². The van der Waals surface area contributed by atoms with E-state index in [0.29, 0.717) is 0 Å². The van der Waals surface area contributed by atoms with Crippen LogP contribution in [0.15, 0.2) is 30.3 Å². The lowest BCUT2D eigenvalue weighted by atomic mass is 10.1. The van der Waals surface area contributed by atoms with Crippen molar-refractivity contribution in [2.75, 3.05) is 12.4 Å². The summed E-state index contributed by atoms with van der Waals surface area (Å²) in [6.07, 6.45) is 0. The Morgan fingerprint density at radius 2 is 1.56 bits per heavy atom. The van der Waals surface area contributed by atoms with Crippen molar-refractivity contribution in [2.45, 2.75) is 0 Å². The van der Waals surface area contributed by atoms with Gasteiger partial charge in [0.15, 0.2) is 5.02 Å². The highest BCUT2D eigenvalue weighted by Crippen LogP contribution is 2.35. The molecule has 13 heteroatoms. The van der Waals surface area contributed by atoms with Gasteiger partial charge in [-0.05, 0) is 6.07 Å². The smallest absolute Gasteiger partial charge is 0.295 e. The lowest BCUT2D eigenvalue weighted by Gasteiger charge is -2.10. The predicted molar refractivity (Wildman–Crippen MR) is 92.4 cm³/mol. The number of carbonyl (C=O) groups is 1. The average molecular weight is 397 g/mol. The highest BCUT2D eigenvalue weighted by Gasteiger charge is 2.27. The highest BCUT2D eigenvalue weighted by molar-refractivity contribution is 6.35. The number of non-ortho nitro benzene ring substituents is 1. The Morgan fingerprint density at radius 3 is 2.00 bits per heavy atom. The molecule has 0 aliphatic heterocycles. The van der Waals surface area contributed by atoms with E-state index in [1.165, 1.54) is 13.2 Å². The predicted octanol–water partition coefficient (Wildman–Crippen LogP) is 3.33. The lowest BCUT2D eigenvalue weighted by molar-refractivity contribution is -0.393. The summed E-state index contributed by atoms with van der Waals surface area (Å²) in [5.41, 5.74) is -2.55. The topological polar surface area (TPSA) is 168 Å². The molecule has 1 amide bonds. The molecule has 12 nitrogen and oxygen atoms in total. The number of amides is 1. The number of benzene rings is 2. The zero-order chi connectivity index (χ0) is 20.3. The molecule has 0 heterocycles. The van der Waals surface area contributed by atoms with Crippen LogP contribution in [-0.4, -0.2) is 27.8 Å². The number of halogens is 1. The standard InChI is InChI=1S/C14H9ClN4O8/c1-27-12-3-2-8(17(21)22)6-9(12)16-14(20)7-4-10(18(23)24)13(15)11(5-7)19(25)26/h2-6H,1H3,(H,16,20). The number of nitrogens with zero attached hydrogens (tertiary/aromatic N) is 3. The number of methoxy groups -OCH3 is 1. The van der Waals surface area contributed by atoms with Crippen LogP contribution in [0.5, 0.6) is 5.75 Å². The van der Waals surface area contributed by atoms with Crippen molar-refractivity contribution in [2.24, 2.45) is 0 Å². The second-order valence-corrected chi connectivity index (χ2v) is 5.32. The highest BCUT2D eigenvalue weighted by atomic mass is 35.5. The first-order chi connectivity index (χ1) is 12.6. The lowest BCUT2D eigenvalue weighted by Crippen LogP contribution is -2.14. The van der Waals surface area contributed by atoms with Crippen LogP contribution in [-0.2, 0) is 0 Å². The minimum Gasteiger partial charge on any atom is -0.495 e. The first kappa shape index (κ1) is 19.5. The van der Waals surface area contributed by atoms with Gasteiger partial charge in [0.1, 0.15) is 5.75 Å². The van der Waals surface area contributed by atoms with Gasteiger partial charge in [-0.2, -0.15) is 0 Å². The third kappa shape index (κ3) is 4.07. The van der Waals surface area contributed by atoms with Crippen LogP contribution >= 0.6 is 11.6 Å². The maximum absolute atomic E-state index is 12.4. The Labute approximate surface area is 154 Å². The van der Waals surface area contributed by atoms with E-state index >= 15 is 0 Å². The van der Waals surface area contributed by atoms with Gasteiger partial charge >= 0.3 is 0 Å². The molecule has 0 saturated heterocycles. The molecule has 27 heavy (non-hydrogen) atoms. The number of nitro benzene ring substituents is 3. The summed E-state index contributed by atoms with van der Waals surface area (Å²) in [4.78, 5) is 42.7. The van der Waals surface area contributed by atoms with E-state index in [2.05, 4.69) is 5.32 Å². The van der Waals surface area contributed by atoms with E-state index in [1.807, 2.05) is 0 Å². The van der Waals surface area contributed by atoms with Gasteiger partial charge in [0.2, 0.25) is 0 Å². The van der Waals surface area contributed by atoms with E-state index in [4.69, 9.17) is 16.3 Å². The number of ether oxygens (including phenoxy) is 1. The van der Waals surface area contributed by atoms with Crippen molar-refractivity contribution in [1.82, 2.24) is 0 Å². The number of nitrogens with one attached hydrogen (secondary N) is 1. The Bertz CT molecular complexity index is 943. The van der Waals surface area contributed by atoms with Crippen LogP contribution in [0.4, 0.5) is 22.7 Å². The van der Waals surface area contributed by atoms with Gasteiger partial charge in [-0.25, -0.2) is 0 Å². The fourth-order valence-electron chi connectivity index (χ4n) is 2.09. The van der Waals surface area contributed by atoms with Crippen LogP contribution in [0.25, 0.3) is 0 Å². The second kappa shape index (κ2) is 7.61. The second-order valence-electron chi connectivity index (χ2n) is 4.94. The minimum atomic E-state index is -0.989. The Balaban J connectivity index is 2.50. The first-order valence-electron chi connectivity index (χ1n) is 6.91. The fraction of sp³-hybridized carbons (Fsp3) is 0.0714. The SMILES string of the molecule is COc1ccc([N+](=O)[O-])cc1NC(=O)c1cc([N+](=O)[O-])c(Cl)c([N+](=O)[O-])c1. The minimum absolute atomic E-state index is 0.0758. The summed E-state index contributed by atoms with van der Waals surface area (Å²) in [7, 11) is 1.26. The molecule has 0 bridgehead atoms. The van der Waals surface area contributed by atoms with E-state index in [1.54, 1.807) is 0 Å². The van der Waals surface area contributed by atoms with Crippen LogP contribution in [0.2, 0.25) is 5.02 Å². The largest absolute Gasteiger partial charge is 0.495 e. The average Bonchev–Trinajstić information content (AvgIpc) is 2.61. The van der Waals surface area contributed by atoms with E-state index < -0.39 is 42.6 Å². The van der Waals surface area contributed by atoms with Crippen molar-refractivity contribution in [3.63, 3.8) is 0 Å². The van der Waals surface area contributed by atoms with Gasteiger partial charge in [0, 0.05) is 24.3 Å². The third-order valence-electron chi connectivity index (χ3n) is 3.33.